The summed E-state index contributed by atoms with van der Waals surface area (Å²) in [6.45, 7) is 2.87. The van der Waals surface area contributed by atoms with Crippen molar-refractivity contribution in [1.82, 2.24) is 5.32 Å². The summed E-state index contributed by atoms with van der Waals surface area (Å²) in [6.07, 6.45) is 2.34. The van der Waals surface area contributed by atoms with E-state index in [2.05, 4.69) is 17.4 Å². The molecule has 0 spiro atoms. The summed E-state index contributed by atoms with van der Waals surface area (Å²) in [5.41, 5.74) is 1.27. The van der Waals surface area contributed by atoms with Crippen molar-refractivity contribution in [3.8, 4) is 5.75 Å². The molecule has 0 atom stereocenters. The lowest BCUT2D eigenvalue weighted by atomic mass is 10.2. The molecule has 0 aromatic heterocycles. The van der Waals surface area contributed by atoms with Gasteiger partial charge in [0, 0.05) is 12.1 Å². The molecule has 1 aromatic carbocycles. The van der Waals surface area contributed by atoms with Crippen molar-refractivity contribution in [3.05, 3.63) is 29.8 Å². The van der Waals surface area contributed by atoms with Gasteiger partial charge in [-0.15, -0.1) is 0 Å². The number of para-hydroxylation sites is 1. The molecule has 0 bridgehead atoms. The van der Waals surface area contributed by atoms with Crippen LogP contribution in [0.2, 0.25) is 0 Å². The quantitative estimate of drug-likeness (QED) is 0.654. The summed E-state index contributed by atoms with van der Waals surface area (Å²) in [7, 11) is 0. The second-order valence-corrected chi connectivity index (χ2v) is 3.34. The maximum Gasteiger partial charge on any atom is 0.123 e. The van der Waals surface area contributed by atoms with Gasteiger partial charge >= 0.3 is 0 Å². The van der Waals surface area contributed by atoms with Gasteiger partial charge in [-0.3, -0.25) is 0 Å². The van der Waals surface area contributed by atoms with Gasteiger partial charge in [0.25, 0.3) is 0 Å². The molecule has 2 heteroatoms. The molecule has 0 radical (unpaired) electrons. The number of fused-ring (bicyclic) bond motifs is 1. The van der Waals surface area contributed by atoms with Crippen LogP contribution in [0.5, 0.6) is 5.75 Å². The van der Waals surface area contributed by atoms with Gasteiger partial charge < -0.3 is 10.1 Å². The summed E-state index contributed by atoms with van der Waals surface area (Å²) in [6, 6.07) is 8.24. The normalized spacial score (nSPS) is 17.5. The van der Waals surface area contributed by atoms with E-state index in [9.17, 15) is 0 Å². The lowest BCUT2D eigenvalue weighted by molar-refractivity contribution is 0.308. The van der Waals surface area contributed by atoms with Crippen LogP contribution in [-0.4, -0.2) is 13.2 Å². The van der Waals surface area contributed by atoms with Crippen LogP contribution in [0.15, 0.2) is 24.3 Å². The molecule has 0 saturated carbocycles. The summed E-state index contributed by atoms with van der Waals surface area (Å²) in [5.74, 6) is 1.04. The molecule has 0 unspecified atom stereocenters. The first-order valence-corrected chi connectivity index (χ1v) is 4.88. The molecule has 70 valence electrons. The molecule has 1 aliphatic heterocycles. The lowest BCUT2D eigenvalue weighted by Gasteiger charge is -2.08. The smallest absolute Gasteiger partial charge is 0.123 e. The van der Waals surface area contributed by atoms with Gasteiger partial charge in [-0.2, -0.15) is 0 Å². The van der Waals surface area contributed by atoms with E-state index < -0.39 is 0 Å². The molecule has 1 aromatic rings. The standard InChI is InChI=1S/C11H15NO/c1-2-6-11-10(5-1)9-12-7-3-4-8-13-11/h1-2,5-6,12H,3-4,7-9H2. The zero-order valence-electron chi connectivity index (χ0n) is 7.75. The van der Waals surface area contributed by atoms with Gasteiger partial charge in [0.05, 0.1) is 6.61 Å². The Bertz CT molecular complexity index is 246. The van der Waals surface area contributed by atoms with Gasteiger partial charge in [-0.25, -0.2) is 0 Å². The molecule has 0 saturated heterocycles. The van der Waals surface area contributed by atoms with E-state index in [4.69, 9.17) is 4.74 Å². The van der Waals surface area contributed by atoms with E-state index in [1.807, 2.05) is 12.1 Å². The van der Waals surface area contributed by atoms with Gasteiger partial charge in [0.2, 0.25) is 0 Å². The molecule has 2 rings (SSSR count). The average Bonchev–Trinajstić information content (AvgIpc) is 2.28. The SMILES string of the molecule is c1ccc2c(c1)CNCCCCO2. The molecule has 13 heavy (non-hydrogen) atoms. The lowest BCUT2D eigenvalue weighted by Crippen LogP contribution is -2.13. The Kier molecular flexibility index (Phi) is 2.82. The second kappa shape index (κ2) is 4.28. The molecule has 1 aliphatic rings. The fraction of sp³-hybridized carbons (Fsp3) is 0.455. The number of nitrogens with one attached hydrogen (secondary N) is 1. The molecule has 0 amide bonds. The van der Waals surface area contributed by atoms with E-state index in [-0.39, 0.29) is 0 Å². The van der Waals surface area contributed by atoms with Crippen LogP contribution in [0, 0.1) is 0 Å². The van der Waals surface area contributed by atoms with Crippen LogP contribution in [0.25, 0.3) is 0 Å². The van der Waals surface area contributed by atoms with Crippen LogP contribution < -0.4 is 10.1 Å². The summed E-state index contributed by atoms with van der Waals surface area (Å²) in [5, 5.41) is 3.40. The highest BCUT2D eigenvalue weighted by Crippen LogP contribution is 2.18. The highest BCUT2D eigenvalue weighted by atomic mass is 16.5. The maximum atomic E-state index is 5.67. The number of hydrogen-bond acceptors (Lipinski definition) is 2. The van der Waals surface area contributed by atoms with Crippen molar-refractivity contribution < 1.29 is 4.74 Å². The number of benzene rings is 1. The predicted molar refractivity (Wildman–Crippen MR) is 52.9 cm³/mol. The largest absolute Gasteiger partial charge is 0.493 e. The highest BCUT2D eigenvalue weighted by molar-refractivity contribution is 5.33. The van der Waals surface area contributed by atoms with E-state index in [0.717, 1.165) is 31.9 Å². The third-order valence-corrected chi connectivity index (χ3v) is 2.29. The van der Waals surface area contributed by atoms with Crippen LogP contribution >= 0.6 is 0 Å². The average molecular weight is 177 g/mol. The molecular weight excluding hydrogens is 162 g/mol. The Labute approximate surface area is 78.9 Å². The van der Waals surface area contributed by atoms with Crippen LogP contribution in [-0.2, 0) is 6.54 Å². The van der Waals surface area contributed by atoms with Crippen molar-refractivity contribution in [1.29, 1.82) is 0 Å². The minimum atomic E-state index is 0.846. The number of rotatable bonds is 0. The molecule has 1 heterocycles. The fourth-order valence-electron chi connectivity index (χ4n) is 1.55. The topological polar surface area (TPSA) is 21.3 Å². The van der Waals surface area contributed by atoms with Crippen molar-refractivity contribution in [3.63, 3.8) is 0 Å². The Hall–Kier alpha value is -1.02. The molecule has 0 aliphatic carbocycles. The van der Waals surface area contributed by atoms with Gasteiger partial charge in [-0.05, 0) is 25.5 Å². The van der Waals surface area contributed by atoms with E-state index >= 15 is 0 Å². The third kappa shape index (κ3) is 2.22. The minimum absolute atomic E-state index is 0.846. The first-order chi connectivity index (χ1) is 6.47. The first kappa shape index (κ1) is 8.57. The Balaban J connectivity index is 2.17. The molecule has 0 fully saturated rings. The monoisotopic (exact) mass is 177 g/mol. The van der Waals surface area contributed by atoms with Gasteiger partial charge in [-0.1, -0.05) is 18.2 Å². The Morgan fingerprint density at radius 1 is 1.15 bits per heavy atom. The number of ether oxygens (including phenoxy) is 1. The molecule has 2 nitrogen and oxygen atoms in total. The molecule has 1 N–H and O–H groups in total. The zero-order chi connectivity index (χ0) is 8.93. The van der Waals surface area contributed by atoms with Gasteiger partial charge in [0.15, 0.2) is 0 Å². The Morgan fingerprint density at radius 2 is 2.08 bits per heavy atom. The summed E-state index contributed by atoms with van der Waals surface area (Å²) in [4.78, 5) is 0. The fourth-order valence-corrected chi connectivity index (χ4v) is 1.55. The van der Waals surface area contributed by atoms with Gasteiger partial charge in [0.1, 0.15) is 5.75 Å². The zero-order valence-corrected chi connectivity index (χ0v) is 7.75. The summed E-state index contributed by atoms with van der Waals surface area (Å²) < 4.78 is 5.67. The van der Waals surface area contributed by atoms with Crippen molar-refractivity contribution in [2.24, 2.45) is 0 Å². The van der Waals surface area contributed by atoms with Crippen molar-refractivity contribution in [2.75, 3.05) is 13.2 Å². The van der Waals surface area contributed by atoms with Crippen LogP contribution in [0.4, 0.5) is 0 Å². The van der Waals surface area contributed by atoms with E-state index in [0.29, 0.717) is 0 Å². The second-order valence-electron chi connectivity index (χ2n) is 3.34. The predicted octanol–water partition coefficient (Wildman–Crippen LogP) is 1.95. The third-order valence-electron chi connectivity index (χ3n) is 2.29. The van der Waals surface area contributed by atoms with Crippen LogP contribution in [0.1, 0.15) is 18.4 Å². The summed E-state index contributed by atoms with van der Waals surface area (Å²) >= 11 is 0. The Morgan fingerprint density at radius 3 is 3.08 bits per heavy atom. The van der Waals surface area contributed by atoms with Crippen molar-refractivity contribution >= 4 is 0 Å². The first-order valence-electron chi connectivity index (χ1n) is 4.88. The molecular formula is C11H15NO. The van der Waals surface area contributed by atoms with E-state index in [1.165, 1.54) is 12.0 Å². The maximum absolute atomic E-state index is 5.67. The highest BCUT2D eigenvalue weighted by Gasteiger charge is 2.04. The van der Waals surface area contributed by atoms with Crippen molar-refractivity contribution in [2.45, 2.75) is 19.4 Å². The minimum Gasteiger partial charge on any atom is -0.493 e. The van der Waals surface area contributed by atoms with E-state index in [1.54, 1.807) is 0 Å². The number of hydrogen-bond donors (Lipinski definition) is 1. The van der Waals surface area contributed by atoms with Crippen LogP contribution in [0.3, 0.4) is 0 Å².